The predicted octanol–water partition coefficient (Wildman–Crippen LogP) is 0.855. The average molecular weight is 223 g/mol. The van der Waals surface area contributed by atoms with E-state index in [4.69, 9.17) is 10.8 Å². The molecule has 0 fully saturated rings. The maximum absolute atomic E-state index is 10.8. The molecule has 0 spiro atoms. The Morgan fingerprint density at radius 3 is 2.93 bits per heavy atom. The molecule has 0 atom stereocenters. The monoisotopic (exact) mass is 223 g/mol. The van der Waals surface area contributed by atoms with Gasteiger partial charge in [-0.25, -0.2) is 9.78 Å². The number of anilines is 1. The minimum absolute atomic E-state index is 0.109. The van der Waals surface area contributed by atoms with E-state index in [0.717, 1.165) is 17.3 Å². The molecular formula is C9H9N3O2S. The summed E-state index contributed by atoms with van der Waals surface area (Å²) in [6.07, 6.45) is 0. The van der Waals surface area contributed by atoms with Crippen molar-refractivity contribution in [3.63, 3.8) is 0 Å². The lowest BCUT2D eigenvalue weighted by Crippen LogP contribution is -2.09. The van der Waals surface area contributed by atoms with Gasteiger partial charge in [0.25, 0.3) is 0 Å². The number of aromatic nitrogens is 1. The fourth-order valence-corrected chi connectivity index (χ4v) is 2.07. The highest BCUT2D eigenvalue weighted by Crippen LogP contribution is 2.19. The zero-order chi connectivity index (χ0) is 10.8. The molecule has 0 saturated heterocycles. The number of nitrogens with two attached hydrogens (primary N) is 1. The van der Waals surface area contributed by atoms with Crippen LogP contribution in [-0.2, 0) is 0 Å². The second-order valence-corrected chi connectivity index (χ2v) is 4.06. The van der Waals surface area contributed by atoms with E-state index in [2.05, 4.69) is 9.98 Å². The van der Waals surface area contributed by atoms with E-state index < -0.39 is 5.97 Å². The van der Waals surface area contributed by atoms with Gasteiger partial charge in [-0.1, -0.05) is 0 Å². The van der Waals surface area contributed by atoms with Gasteiger partial charge >= 0.3 is 5.97 Å². The molecule has 0 bridgehead atoms. The Hall–Kier alpha value is -1.56. The number of hydrogen-bond acceptors (Lipinski definition) is 5. The van der Waals surface area contributed by atoms with Crippen LogP contribution in [0.1, 0.15) is 16.2 Å². The summed E-state index contributed by atoms with van der Waals surface area (Å²) in [4.78, 5) is 19.0. The summed E-state index contributed by atoms with van der Waals surface area (Å²) >= 11 is 1.58. The molecule has 0 aromatic carbocycles. The molecule has 15 heavy (non-hydrogen) atoms. The number of pyridine rings is 1. The Morgan fingerprint density at radius 1 is 1.53 bits per heavy atom. The molecule has 0 saturated carbocycles. The lowest BCUT2D eigenvalue weighted by Gasteiger charge is -2.03. The fraction of sp³-hybridized carbons (Fsp3) is 0.222. The molecule has 0 aliphatic carbocycles. The first-order chi connectivity index (χ1) is 7.18. The third-order valence-electron chi connectivity index (χ3n) is 1.93. The summed E-state index contributed by atoms with van der Waals surface area (Å²) in [5, 5.41) is 9.63. The number of carboxylic acids is 1. The molecule has 1 aromatic heterocycles. The van der Waals surface area contributed by atoms with Crippen molar-refractivity contribution in [1.82, 2.24) is 4.98 Å². The molecule has 1 aliphatic heterocycles. The maximum Gasteiger partial charge on any atom is 0.356 e. The largest absolute Gasteiger partial charge is 0.476 e. The Balaban J connectivity index is 2.42. The molecule has 5 nitrogen and oxygen atoms in total. The van der Waals surface area contributed by atoms with Crippen molar-refractivity contribution in [3.8, 4) is 0 Å². The van der Waals surface area contributed by atoms with Crippen LogP contribution in [0.2, 0.25) is 0 Å². The minimum atomic E-state index is -1.11. The molecule has 0 radical (unpaired) electrons. The molecule has 6 heteroatoms. The van der Waals surface area contributed by atoms with Crippen LogP contribution < -0.4 is 5.73 Å². The topological polar surface area (TPSA) is 88.6 Å². The van der Waals surface area contributed by atoms with Gasteiger partial charge in [0.05, 0.1) is 11.4 Å². The fourth-order valence-electron chi connectivity index (χ4n) is 1.25. The normalized spacial score (nSPS) is 15.1. The number of nitrogen functional groups attached to an aromatic ring is 1. The van der Waals surface area contributed by atoms with Crippen LogP contribution in [0.3, 0.4) is 0 Å². The van der Waals surface area contributed by atoms with Gasteiger partial charge in [0.1, 0.15) is 5.04 Å². The van der Waals surface area contributed by atoms with E-state index >= 15 is 0 Å². The number of aliphatic imine (C=N–C) groups is 1. The summed E-state index contributed by atoms with van der Waals surface area (Å²) in [6, 6.07) is 3.24. The SMILES string of the molecule is Nc1ccc(C2=NCCS2)nc1C(=O)O. The van der Waals surface area contributed by atoms with Crippen LogP contribution >= 0.6 is 11.8 Å². The highest BCUT2D eigenvalue weighted by molar-refractivity contribution is 8.14. The number of thioether (sulfide) groups is 1. The molecule has 2 rings (SSSR count). The van der Waals surface area contributed by atoms with Crippen molar-refractivity contribution in [2.24, 2.45) is 4.99 Å². The first-order valence-electron chi connectivity index (χ1n) is 4.36. The summed E-state index contributed by atoms with van der Waals surface area (Å²) in [7, 11) is 0. The van der Waals surface area contributed by atoms with E-state index in [0.29, 0.717) is 5.69 Å². The molecular weight excluding hydrogens is 214 g/mol. The number of nitrogens with zero attached hydrogens (tertiary/aromatic N) is 2. The Bertz CT molecular complexity index is 445. The summed E-state index contributed by atoms with van der Waals surface area (Å²) in [5.74, 6) is -0.193. The smallest absolute Gasteiger partial charge is 0.356 e. The van der Waals surface area contributed by atoms with E-state index in [1.165, 1.54) is 0 Å². The molecule has 1 aromatic rings. The molecule has 1 aliphatic rings. The minimum Gasteiger partial charge on any atom is -0.476 e. The average Bonchev–Trinajstić information content (AvgIpc) is 2.71. The van der Waals surface area contributed by atoms with Gasteiger partial charge in [-0.2, -0.15) is 0 Å². The number of hydrogen-bond donors (Lipinski definition) is 2. The summed E-state index contributed by atoms with van der Waals surface area (Å²) < 4.78 is 0. The number of aromatic carboxylic acids is 1. The molecule has 0 unspecified atom stereocenters. The van der Waals surface area contributed by atoms with Crippen molar-refractivity contribution in [1.29, 1.82) is 0 Å². The van der Waals surface area contributed by atoms with Crippen LogP contribution in [0.25, 0.3) is 0 Å². The van der Waals surface area contributed by atoms with E-state index in [1.807, 2.05) is 0 Å². The van der Waals surface area contributed by atoms with Gasteiger partial charge in [-0.05, 0) is 12.1 Å². The van der Waals surface area contributed by atoms with Crippen molar-refractivity contribution in [2.75, 3.05) is 18.0 Å². The maximum atomic E-state index is 10.8. The molecule has 0 amide bonds. The standard InChI is InChI=1S/C9H9N3O2S/c10-5-1-2-6(8-11-3-4-15-8)12-7(5)9(13)14/h1-2H,3-4,10H2,(H,13,14). The lowest BCUT2D eigenvalue weighted by atomic mass is 10.2. The zero-order valence-electron chi connectivity index (χ0n) is 7.80. The molecule has 3 N–H and O–H groups in total. The van der Waals surface area contributed by atoms with Gasteiger partial charge in [0, 0.05) is 12.3 Å². The van der Waals surface area contributed by atoms with Crippen molar-refractivity contribution in [3.05, 3.63) is 23.5 Å². The number of rotatable bonds is 2. The quantitative estimate of drug-likeness (QED) is 0.776. The predicted molar refractivity (Wildman–Crippen MR) is 59.5 cm³/mol. The van der Waals surface area contributed by atoms with E-state index in [1.54, 1.807) is 23.9 Å². The highest BCUT2D eigenvalue weighted by Gasteiger charge is 2.15. The third-order valence-corrected chi connectivity index (χ3v) is 2.93. The lowest BCUT2D eigenvalue weighted by molar-refractivity contribution is 0.0691. The zero-order valence-corrected chi connectivity index (χ0v) is 8.62. The van der Waals surface area contributed by atoms with E-state index in [9.17, 15) is 4.79 Å². The third kappa shape index (κ3) is 1.94. The van der Waals surface area contributed by atoms with Crippen LogP contribution in [0.15, 0.2) is 17.1 Å². The van der Waals surface area contributed by atoms with E-state index in [-0.39, 0.29) is 11.4 Å². The van der Waals surface area contributed by atoms with Crippen molar-refractivity contribution in [2.45, 2.75) is 0 Å². The number of carboxylic acid groups (broad SMARTS) is 1. The highest BCUT2D eigenvalue weighted by atomic mass is 32.2. The van der Waals surface area contributed by atoms with Gasteiger partial charge in [-0.3, -0.25) is 4.99 Å². The summed E-state index contributed by atoms with van der Waals surface area (Å²) in [5.41, 5.74) is 6.15. The summed E-state index contributed by atoms with van der Waals surface area (Å²) in [6.45, 7) is 0.758. The van der Waals surface area contributed by atoms with Crippen LogP contribution in [-0.4, -0.2) is 33.4 Å². The van der Waals surface area contributed by atoms with Gasteiger partial charge in [0.2, 0.25) is 0 Å². The van der Waals surface area contributed by atoms with Gasteiger partial charge < -0.3 is 10.8 Å². The Labute approximate surface area is 90.4 Å². The second-order valence-electron chi connectivity index (χ2n) is 2.97. The molecule has 2 heterocycles. The first kappa shape index (κ1) is 9.97. The second kappa shape index (κ2) is 3.90. The van der Waals surface area contributed by atoms with Crippen LogP contribution in [0.5, 0.6) is 0 Å². The van der Waals surface area contributed by atoms with Crippen molar-refractivity contribution < 1.29 is 9.90 Å². The Kier molecular flexibility index (Phi) is 2.59. The molecule has 78 valence electrons. The van der Waals surface area contributed by atoms with Crippen molar-refractivity contribution >= 4 is 28.5 Å². The Morgan fingerprint density at radius 2 is 2.33 bits per heavy atom. The van der Waals surface area contributed by atoms with Gasteiger partial charge in [-0.15, -0.1) is 11.8 Å². The number of carbonyl (C=O) groups is 1. The van der Waals surface area contributed by atoms with Crippen LogP contribution in [0, 0.1) is 0 Å². The first-order valence-corrected chi connectivity index (χ1v) is 5.34. The van der Waals surface area contributed by atoms with Crippen LogP contribution in [0.4, 0.5) is 5.69 Å². The van der Waals surface area contributed by atoms with Gasteiger partial charge in [0.15, 0.2) is 5.69 Å².